The van der Waals surface area contributed by atoms with E-state index >= 15 is 0 Å². The maximum Gasteiger partial charge on any atom is 0.272 e. The van der Waals surface area contributed by atoms with Crippen LogP contribution >= 0.6 is 0 Å². The normalized spacial score (nSPS) is 15.9. The van der Waals surface area contributed by atoms with Crippen molar-refractivity contribution >= 4 is 5.91 Å². The molecule has 1 aliphatic carbocycles. The van der Waals surface area contributed by atoms with Crippen LogP contribution in [0, 0.1) is 12.7 Å². The van der Waals surface area contributed by atoms with Gasteiger partial charge in [0.25, 0.3) is 5.91 Å². The van der Waals surface area contributed by atoms with Crippen LogP contribution in [0.3, 0.4) is 0 Å². The number of rotatable bonds is 6. The number of fused-ring (bicyclic) bond motifs is 1. The molecular weight excluding hydrogens is 373 g/mol. The Kier molecular flexibility index (Phi) is 5.44. The smallest absolute Gasteiger partial charge is 0.272 e. The predicted molar refractivity (Wildman–Crippen MR) is 105 cm³/mol. The second-order valence-electron chi connectivity index (χ2n) is 7.43. The van der Waals surface area contributed by atoms with Gasteiger partial charge in [0.1, 0.15) is 5.82 Å². The third kappa shape index (κ3) is 4.22. The summed E-state index contributed by atoms with van der Waals surface area (Å²) in [6, 6.07) is 8.55. The maximum absolute atomic E-state index is 13.8. The molecular formula is C21H24FN5O2. The molecule has 1 atom stereocenters. The monoisotopic (exact) mass is 397 g/mol. The largest absolute Gasteiger partial charge is 0.360 e. The molecule has 0 bridgehead atoms. The lowest BCUT2D eigenvalue weighted by Crippen LogP contribution is -2.35. The lowest BCUT2D eigenvalue weighted by molar-refractivity contribution is 0.0943. The first-order valence-electron chi connectivity index (χ1n) is 9.73. The summed E-state index contributed by atoms with van der Waals surface area (Å²) in [6.45, 7) is 2.61. The van der Waals surface area contributed by atoms with Crippen LogP contribution < -0.4 is 10.6 Å². The molecule has 0 radical (unpaired) electrons. The van der Waals surface area contributed by atoms with Crippen molar-refractivity contribution in [3.05, 3.63) is 70.1 Å². The maximum atomic E-state index is 13.8. The van der Waals surface area contributed by atoms with Crippen LogP contribution in [0.25, 0.3) is 0 Å². The molecule has 7 nitrogen and oxygen atoms in total. The average molecular weight is 397 g/mol. The van der Waals surface area contributed by atoms with Gasteiger partial charge in [0.2, 0.25) is 0 Å². The Hall–Kier alpha value is -3.00. The Morgan fingerprint density at radius 1 is 1.34 bits per heavy atom. The minimum absolute atomic E-state index is 0.128. The van der Waals surface area contributed by atoms with Crippen molar-refractivity contribution in [1.82, 2.24) is 25.6 Å². The van der Waals surface area contributed by atoms with E-state index in [1.54, 1.807) is 22.9 Å². The van der Waals surface area contributed by atoms with Gasteiger partial charge in [-0.05, 0) is 32.3 Å². The van der Waals surface area contributed by atoms with E-state index in [4.69, 9.17) is 4.52 Å². The van der Waals surface area contributed by atoms with Crippen LogP contribution in [0.4, 0.5) is 4.39 Å². The van der Waals surface area contributed by atoms with Crippen LogP contribution in [0.2, 0.25) is 0 Å². The number of carbonyl (C=O) groups is 1. The summed E-state index contributed by atoms with van der Waals surface area (Å²) >= 11 is 0. The molecule has 1 aliphatic rings. The lowest BCUT2D eigenvalue weighted by atomic mass is 9.91. The van der Waals surface area contributed by atoms with E-state index < -0.39 is 0 Å². The summed E-state index contributed by atoms with van der Waals surface area (Å²) in [6.07, 6.45) is 2.50. The van der Waals surface area contributed by atoms with Crippen LogP contribution in [0.1, 0.15) is 45.2 Å². The van der Waals surface area contributed by atoms with Crippen molar-refractivity contribution in [2.45, 2.75) is 45.3 Å². The summed E-state index contributed by atoms with van der Waals surface area (Å²) in [5.41, 5.74) is 3.76. The Balaban J connectivity index is 1.43. The fraction of sp³-hybridized carbons (Fsp3) is 0.381. The van der Waals surface area contributed by atoms with Gasteiger partial charge in [-0.3, -0.25) is 9.48 Å². The van der Waals surface area contributed by atoms with Crippen LogP contribution in [-0.4, -0.2) is 26.9 Å². The van der Waals surface area contributed by atoms with Crippen LogP contribution in [0.5, 0.6) is 0 Å². The molecule has 0 aliphatic heterocycles. The summed E-state index contributed by atoms with van der Waals surface area (Å²) < 4.78 is 20.8. The average Bonchev–Trinajstić information content (AvgIpc) is 3.28. The van der Waals surface area contributed by atoms with Gasteiger partial charge in [0.15, 0.2) is 11.5 Å². The zero-order valence-corrected chi connectivity index (χ0v) is 16.5. The molecule has 4 rings (SSSR count). The molecule has 1 unspecified atom stereocenters. The van der Waals surface area contributed by atoms with Gasteiger partial charge in [-0.2, -0.15) is 5.10 Å². The van der Waals surface area contributed by atoms with Gasteiger partial charge >= 0.3 is 0 Å². The van der Waals surface area contributed by atoms with E-state index in [0.717, 1.165) is 35.6 Å². The van der Waals surface area contributed by atoms with Crippen molar-refractivity contribution in [2.75, 3.05) is 0 Å². The Morgan fingerprint density at radius 2 is 2.17 bits per heavy atom. The lowest BCUT2D eigenvalue weighted by Gasteiger charge is -2.23. The highest BCUT2D eigenvalue weighted by atomic mass is 19.1. The van der Waals surface area contributed by atoms with Crippen LogP contribution in [0.15, 0.2) is 34.9 Å². The Labute approximate surface area is 168 Å². The minimum atomic E-state index is -0.331. The van der Waals surface area contributed by atoms with Gasteiger partial charge in [-0.25, -0.2) is 4.39 Å². The second kappa shape index (κ2) is 8.16. The number of aryl methyl sites for hydroxylation is 2. The third-order valence-electron chi connectivity index (χ3n) is 5.31. The first-order chi connectivity index (χ1) is 14.0. The summed E-state index contributed by atoms with van der Waals surface area (Å²) in [4.78, 5) is 12.8. The van der Waals surface area contributed by atoms with Crippen molar-refractivity contribution in [3.63, 3.8) is 0 Å². The highest BCUT2D eigenvalue weighted by Gasteiger charge is 2.28. The van der Waals surface area contributed by atoms with Crippen LogP contribution in [-0.2, 0) is 33.0 Å². The molecule has 3 aromatic rings. The molecule has 8 heteroatoms. The molecule has 0 saturated carbocycles. The number of nitrogens with zero attached hydrogens (tertiary/aromatic N) is 3. The summed E-state index contributed by atoms with van der Waals surface area (Å²) in [7, 11) is 1.86. The highest BCUT2D eigenvalue weighted by Crippen LogP contribution is 2.25. The van der Waals surface area contributed by atoms with E-state index in [0.29, 0.717) is 24.2 Å². The highest BCUT2D eigenvalue weighted by molar-refractivity contribution is 5.94. The topological polar surface area (TPSA) is 85.0 Å². The number of aromatic nitrogens is 3. The molecule has 152 valence electrons. The van der Waals surface area contributed by atoms with Gasteiger partial charge in [0, 0.05) is 42.5 Å². The zero-order chi connectivity index (χ0) is 20.4. The van der Waals surface area contributed by atoms with E-state index in [1.807, 2.05) is 20.0 Å². The first kappa shape index (κ1) is 19.3. The molecule has 29 heavy (non-hydrogen) atoms. The molecule has 0 fully saturated rings. The number of hydrogen-bond acceptors (Lipinski definition) is 5. The van der Waals surface area contributed by atoms with Crippen molar-refractivity contribution < 1.29 is 13.7 Å². The van der Waals surface area contributed by atoms with Gasteiger partial charge in [-0.1, -0.05) is 23.4 Å². The van der Waals surface area contributed by atoms with Gasteiger partial charge < -0.3 is 15.2 Å². The molecule has 1 aromatic carbocycles. The Bertz CT molecular complexity index is 1030. The van der Waals surface area contributed by atoms with Crippen molar-refractivity contribution in [2.24, 2.45) is 7.05 Å². The first-order valence-corrected chi connectivity index (χ1v) is 9.73. The number of hydrogen-bond donors (Lipinski definition) is 2. The summed E-state index contributed by atoms with van der Waals surface area (Å²) in [5, 5.41) is 14.6. The van der Waals surface area contributed by atoms with E-state index in [9.17, 15) is 9.18 Å². The zero-order valence-electron chi connectivity index (χ0n) is 16.5. The molecule has 0 spiro atoms. The second-order valence-corrected chi connectivity index (χ2v) is 7.43. The van der Waals surface area contributed by atoms with Gasteiger partial charge in [-0.15, -0.1) is 0 Å². The third-order valence-corrected chi connectivity index (χ3v) is 5.31. The number of carbonyl (C=O) groups excluding carboxylic acids is 1. The molecule has 2 aromatic heterocycles. The molecule has 0 saturated heterocycles. The fourth-order valence-electron chi connectivity index (χ4n) is 3.79. The molecule has 2 heterocycles. The number of benzene rings is 1. The molecule has 2 N–H and O–H groups in total. The summed E-state index contributed by atoms with van der Waals surface area (Å²) in [5.74, 6) is 0.182. The predicted octanol–water partition coefficient (Wildman–Crippen LogP) is 2.43. The molecule has 1 amide bonds. The van der Waals surface area contributed by atoms with Crippen molar-refractivity contribution in [3.8, 4) is 0 Å². The van der Waals surface area contributed by atoms with E-state index in [-0.39, 0.29) is 24.3 Å². The standard InChI is InChI=1S/C21H24FN5O2/c1-13-9-16(29-26-13)12-23-15-7-8-19-17(10-15)20(25-27(19)2)21(28)24-11-14-5-3-4-6-18(14)22/h3-6,9,15,23H,7-8,10-12H2,1-2H3,(H,24,28). The van der Waals surface area contributed by atoms with E-state index in [2.05, 4.69) is 20.9 Å². The quantitative estimate of drug-likeness (QED) is 0.667. The van der Waals surface area contributed by atoms with Gasteiger partial charge in [0.05, 0.1) is 12.2 Å². The van der Waals surface area contributed by atoms with Crippen molar-refractivity contribution in [1.29, 1.82) is 0 Å². The number of nitrogens with one attached hydrogen (secondary N) is 2. The minimum Gasteiger partial charge on any atom is -0.360 e. The number of amides is 1. The van der Waals surface area contributed by atoms with E-state index in [1.165, 1.54) is 6.07 Å². The number of halogens is 1. The fourth-order valence-corrected chi connectivity index (χ4v) is 3.79. The Morgan fingerprint density at radius 3 is 2.93 bits per heavy atom. The SMILES string of the molecule is Cc1cc(CNC2CCc3c(c(C(=O)NCc4ccccc4F)nn3C)C2)on1.